The quantitative estimate of drug-likeness (QED) is 0.112. The number of anilines is 3. The summed E-state index contributed by atoms with van der Waals surface area (Å²) in [4.78, 5) is 58.7. The van der Waals surface area contributed by atoms with Crippen molar-refractivity contribution in [1.82, 2.24) is 14.7 Å². The number of piperidine rings is 1. The van der Waals surface area contributed by atoms with E-state index in [-0.39, 0.29) is 49.2 Å². The van der Waals surface area contributed by atoms with Gasteiger partial charge in [0.2, 0.25) is 6.41 Å². The standard InChI is InChI=1S/C40H48ClF3N6O6/c1-3-22-55-38(53)29-8-10-30(11-9-29)47-18-20-48(21-19-47)37(52)35(25-27-23-32(40(42,43)44)36(45)33(41)24-27)56-39(54)49-16-13-31(14-17-49)50(26-51)15-12-28-6-4-5-7-34(28)46-2/h4-11,23-24,26,31,35,46H,3,12-22,25,45H2,1-2H3/t35-/m1/s1. The van der Waals surface area contributed by atoms with Gasteiger partial charge in [0.15, 0.2) is 6.10 Å². The smallest absolute Gasteiger partial charge is 0.418 e. The van der Waals surface area contributed by atoms with Gasteiger partial charge >= 0.3 is 18.2 Å². The van der Waals surface area contributed by atoms with Crippen LogP contribution in [0.15, 0.2) is 60.7 Å². The van der Waals surface area contributed by atoms with Crippen molar-refractivity contribution in [2.24, 2.45) is 0 Å². The number of esters is 1. The van der Waals surface area contributed by atoms with Crippen LogP contribution in [0.1, 0.15) is 53.2 Å². The Balaban J connectivity index is 1.25. The first-order valence-corrected chi connectivity index (χ1v) is 19.1. The molecule has 12 nitrogen and oxygen atoms in total. The summed E-state index contributed by atoms with van der Waals surface area (Å²) in [5.41, 5.74) is 7.22. The minimum absolute atomic E-state index is 0.0269. The molecule has 302 valence electrons. The predicted molar refractivity (Wildman–Crippen MR) is 208 cm³/mol. The van der Waals surface area contributed by atoms with Gasteiger partial charge in [0.25, 0.3) is 5.91 Å². The van der Waals surface area contributed by atoms with Crippen molar-refractivity contribution < 1.29 is 41.8 Å². The van der Waals surface area contributed by atoms with Crippen LogP contribution in [0.3, 0.4) is 0 Å². The fraction of sp³-hybridized carbons (Fsp3) is 0.450. The third-order valence-electron chi connectivity index (χ3n) is 10.2. The van der Waals surface area contributed by atoms with Crippen molar-refractivity contribution in [2.45, 2.75) is 57.3 Å². The first-order chi connectivity index (χ1) is 26.8. The molecule has 16 heteroatoms. The molecule has 3 N–H and O–H groups in total. The van der Waals surface area contributed by atoms with E-state index in [1.54, 1.807) is 29.2 Å². The Labute approximate surface area is 329 Å². The highest BCUT2D eigenvalue weighted by molar-refractivity contribution is 6.33. The zero-order chi connectivity index (χ0) is 40.4. The number of likely N-dealkylation sites (tertiary alicyclic amines) is 1. The number of nitrogens with two attached hydrogens (primary N) is 1. The summed E-state index contributed by atoms with van der Waals surface area (Å²) >= 11 is 6.11. The second-order valence-corrected chi connectivity index (χ2v) is 14.2. The molecule has 0 saturated carbocycles. The van der Waals surface area contributed by atoms with Crippen LogP contribution < -0.4 is 16.0 Å². The number of piperazine rings is 1. The van der Waals surface area contributed by atoms with Crippen LogP contribution in [0.25, 0.3) is 0 Å². The van der Waals surface area contributed by atoms with Gasteiger partial charge in [0.05, 0.1) is 28.4 Å². The Morgan fingerprint density at radius 2 is 1.68 bits per heavy atom. The zero-order valence-corrected chi connectivity index (χ0v) is 32.3. The number of hydrogen-bond acceptors (Lipinski definition) is 9. The summed E-state index contributed by atoms with van der Waals surface area (Å²) in [7, 11) is 1.84. The Morgan fingerprint density at radius 1 is 1.00 bits per heavy atom. The van der Waals surface area contributed by atoms with Gasteiger partial charge < -0.3 is 40.1 Å². The molecule has 56 heavy (non-hydrogen) atoms. The summed E-state index contributed by atoms with van der Waals surface area (Å²) in [6, 6.07) is 16.8. The van der Waals surface area contributed by atoms with Gasteiger partial charge in [-0.25, -0.2) is 9.59 Å². The monoisotopic (exact) mass is 800 g/mol. The molecule has 0 unspecified atom stereocenters. The molecule has 5 rings (SSSR count). The molecule has 0 radical (unpaired) electrons. The molecule has 1 atom stereocenters. The maximum Gasteiger partial charge on any atom is 0.418 e. The summed E-state index contributed by atoms with van der Waals surface area (Å²) in [6.07, 6.45) is -4.28. The molecule has 2 heterocycles. The number of nitrogen functional groups attached to an aromatic ring is 1. The molecule has 2 aliphatic rings. The number of carbonyl (C=O) groups excluding carboxylic acids is 4. The van der Waals surface area contributed by atoms with E-state index in [2.05, 4.69) is 5.32 Å². The van der Waals surface area contributed by atoms with E-state index in [1.165, 1.54) is 15.9 Å². The number of halogens is 4. The van der Waals surface area contributed by atoms with E-state index in [0.29, 0.717) is 57.5 Å². The number of alkyl halides is 3. The lowest BCUT2D eigenvalue weighted by Gasteiger charge is -2.38. The molecule has 3 amide bonds. The van der Waals surface area contributed by atoms with Crippen LogP contribution in [0.2, 0.25) is 5.02 Å². The average molecular weight is 801 g/mol. The van der Waals surface area contributed by atoms with Gasteiger partial charge in [0.1, 0.15) is 0 Å². The van der Waals surface area contributed by atoms with Crippen molar-refractivity contribution in [1.29, 1.82) is 0 Å². The van der Waals surface area contributed by atoms with Crippen LogP contribution in [-0.2, 0) is 38.1 Å². The maximum atomic E-state index is 14.0. The van der Waals surface area contributed by atoms with E-state index in [9.17, 15) is 32.3 Å². The van der Waals surface area contributed by atoms with Crippen molar-refractivity contribution in [2.75, 3.05) is 75.4 Å². The summed E-state index contributed by atoms with van der Waals surface area (Å²) in [5.74, 6) is -0.967. The van der Waals surface area contributed by atoms with Crippen molar-refractivity contribution in [3.63, 3.8) is 0 Å². The number of carbonyl (C=O) groups is 4. The number of amides is 3. The lowest BCUT2D eigenvalue weighted by atomic mass is 10.0. The van der Waals surface area contributed by atoms with Crippen LogP contribution in [0.4, 0.5) is 35.0 Å². The van der Waals surface area contributed by atoms with E-state index in [4.69, 9.17) is 26.8 Å². The Bertz CT molecular complexity index is 1830. The molecule has 3 aromatic carbocycles. The third-order valence-corrected chi connectivity index (χ3v) is 10.5. The number of hydrogen-bond donors (Lipinski definition) is 2. The normalized spacial score (nSPS) is 15.6. The number of nitrogens with zero attached hydrogens (tertiary/aromatic N) is 4. The Morgan fingerprint density at radius 3 is 2.30 bits per heavy atom. The van der Waals surface area contributed by atoms with Crippen molar-refractivity contribution in [3.8, 4) is 0 Å². The van der Waals surface area contributed by atoms with Gasteiger partial charge in [0, 0.05) is 76.7 Å². The Hall–Kier alpha value is -5.18. The van der Waals surface area contributed by atoms with Crippen LogP contribution in [-0.4, -0.2) is 111 Å². The van der Waals surface area contributed by atoms with Gasteiger partial charge in [-0.2, -0.15) is 13.2 Å². The summed E-state index contributed by atoms with van der Waals surface area (Å²) in [6.45, 7) is 4.55. The van der Waals surface area contributed by atoms with Crippen LogP contribution in [0, 0.1) is 0 Å². The first-order valence-electron chi connectivity index (χ1n) is 18.7. The van der Waals surface area contributed by atoms with Gasteiger partial charge in [-0.05, 0) is 79.3 Å². The second-order valence-electron chi connectivity index (χ2n) is 13.8. The number of para-hydroxylation sites is 1. The van der Waals surface area contributed by atoms with Crippen LogP contribution >= 0.6 is 11.6 Å². The van der Waals surface area contributed by atoms with Gasteiger partial charge in [-0.3, -0.25) is 9.59 Å². The highest BCUT2D eigenvalue weighted by atomic mass is 35.5. The van der Waals surface area contributed by atoms with E-state index in [0.717, 1.165) is 29.4 Å². The molecule has 0 bridgehead atoms. The molecule has 2 aliphatic heterocycles. The largest absolute Gasteiger partial charge is 0.462 e. The Kier molecular flexibility index (Phi) is 14.3. The van der Waals surface area contributed by atoms with E-state index >= 15 is 0 Å². The molecular formula is C40H48ClF3N6O6. The highest BCUT2D eigenvalue weighted by Gasteiger charge is 2.37. The summed E-state index contributed by atoms with van der Waals surface area (Å²) in [5, 5.41) is 2.83. The molecule has 3 aromatic rings. The second kappa shape index (κ2) is 19.1. The summed E-state index contributed by atoms with van der Waals surface area (Å²) < 4.78 is 52.6. The van der Waals surface area contributed by atoms with Gasteiger partial charge in [-0.15, -0.1) is 0 Å². The van der Waals surface area contributed by atoms with Crippen molar-refractivity contribution >= 4 is 53.0 Å². The molecule has 2 saturated heterocycles. The highest BCUT2D eigenvalue weighted by Crippen LogP contribution is 2.38. The van der Waals surface area contributed by atoms with Crippen molar-refractivity contribution in [3.05, 3.63) is 87.9 Å². The fourth-order valence-electron chi connectivity index (χ4n) is 7.02. The minimum atomic E-state index is -4.81. The van der Waals surface area contributed by atoms with E-state index < -0.39 is 41.5 Å². The fourth-order valence-corrected chi connectivity index (χ4v) is 7.27. The molecule has 2 fully saturated rings. The lowest BCUT2D eigenvalue weighted by Crippen LogP contribution is -2.53. The maximum absolute atomic E-state index is 14.0. The number of benzene rings is 3. The van der Waals surface area contributed by atoms with Crippen LogP contribution in [0.5, 0.6) is 0 Å². The minimum Gasteiger partial charge on any atom is -0.462 e. The zero-order valence-electron chi connectivity index (χ0n) is 31.5. The third kappa shape index (κ3) is 10.6. The van der Waals surface area contributed by atoms with Gasteiger partial charge in [-0.1, -0.05) is 36.7 Å². The first kappa shape index (κ1) is 42.0. The van der Waals surface area contributed by atoms with E-state index in [1.807, 2.05) is 43.1 Å². The SMILES string of the molecule is CCCOC(=O)c1ccc(N2CCN(C(=O)[C@@H](Cc3cc(Cl)c(N)c(C(F)(F)F)c3)OC(=O)N3CCC(N(C=O)CCc4ccccc4NC)CC3)CC2)cc1. The number of rotatable bonds is 14. The molecule has 0 spiro atoms. The topological polar surface area (TPSA) is 138 Å². The number of ether oxygens (including phenoxy) is 2. The lowest BCUT2D eigenvalue weighted by molar-refractivity contribution is -0.141. The molecule has 0 aliphatic carbocycles. The predicted octanol–water partition coefficient (Wildman–Crippen LogP) is 6.11. The molecular weight excluding hydrogens is 753 g/mol. The average Bonchev–Trinajstić information content (AvgIpc) is 3.20. The molecule has 0 aromatic heterocycles. The number of nitrogens with one attached hydrogen (secondary N) is 1.